The van der Waals surface area contributed by atoms with Crippen LogP contribution in [0.3, 0.4) is 0 Å². The number of hydrogen-bond donors (Lipinski definition) is 0. The van der Waals surface area contributed by atoms with E-state index in [4.69, 9.17) is 4.74 Å². The van der Waals surface area contributed by atoms with Gasteiger partial charge in [0.1, 0.15) is 5.60 Å². The zero-order valence-electron chi connectivity index (χ0n) is 15.8. The summed E-state index contributed by atoms with van der Waals surface area (Å²) in [6.45, 7) is 12.7. The van der Waals surface area contributed by atoms with Crippen LogP contribution in [0.5, 0.6) is 0 Å². The van der Waals surface area contributed by atoms with Crippen LogP contribution in [-0.2, 0) is 11.3 Å². The van der Waals surface area contributed by atoms with Crippen LogP contribution < -0.4 is 0 Å². The molecule has 0 spiro atoms. The lowest BCUT2D eigenvalue weighted by molar-refractivity contribution is -0.0168. The number of nitrogens with zero attached hydrogens (tertiary/aromatic N) is 2. The Bertz CT molecular complexity index is 524. The smallest absolute Gasteiger partial charge is 0.410 e. The Morgan fingerprint density at radius 1 is 1.21 bits per heavy atom. The first-order valence-corrected chi connectivity index (χ1v) is 9.07. The van der Waals surface area contributed by atoms with Gasteiger partial charge in [-0.1, -0.05) is 43.7 Å². The van der Waals surface area contributed by atoms with Crippen molar-refractivity contribution in [1.82, 2.24) is 9.80 Å². The predicted octanol–water partition coefficient (Wildman–Crippen LogP) is 4.30. The summed E-state index contributed by atoms with van der Waals surface area (Å²) in [7, 11) is 0. The molecule has 1 aromatic rings. The van der Waals surface area contributed by atoms with Gasteiger partial charge in [0.05, 0.1) is 0 Å². The first-order chi connectivity index (χ1) is 11.3. The van der Waals surface area contributed by atoms with E-state index in [1.165, 1.54) is 5.56 Å². The molecule has 0 N–H and O–H groups in total. The fourth-order valence-electron chi connectivity index (χ4n) is 3.26. The Kier molecular flexibility index (Phi) is 6.27. The molecule has 0 unspecified atom stereocenters. The highest BCUT2D eigenvalue weighted by Crippen LogP contribution is 2.23. The summed E-state index contributed by atoms with van der Waals surface area (Å²) in [5.41, 5.74) is 0.878. The SMILES string of the molecule is CCC[C@H]1CN(Cc2ccccc2)[C@H](C)CN1C(=O)OC(C)(C)C. The second kappa shape index (κ2) is 8.02. The standard InChI is InChI=1S/C20H32N2O2/c1-6-10-18-15-21(14-17-11-8-7-9-12-17)16(2)13-22(18)19(23)24-20(3,4)5/h7-9,11-12,16,18H,6,10,13-15H2,1-5H3/t16-,18+/m1/s1. The molecule has 24 heavy (non-hydrogen) atoms. The van der Waals surface area contributed by atoms with Crippen LogP contribution in [0, 0.1) is 0 Å². The van der Waals surface area contributed by atoms with Gasteiger partial charge in [0.2, 0.25) is 0 Å². The highest BCUT2D eigenvalue weighted by molar-refractivity contribution is 5.68. The molecule has 1 aliphatic heterocycles. The van der Waals surface area contributed by atoms with Gasteiger partial charge in [-0.25, -0.2) is 4.79 Å². The zero-order chi connectivity index (χ0) is 17.7. The van der Waals surface area contributed by atoms with Crippen molar-refractivity contribution in [1.29, 1.82) is 0 Å². The van der Waals surface area contributed by atoms with Crippen LogP contribution in [0.2, 0.25) is 0 Å². The number of amides is 1. The van der Waals surface area contributed by atoms with Gasteiger partial charge in [-0.05, 0) is 39.7 Å². The molecule has 0 radical (unpaired) electrons. The zero-order valence-corrected chi connectivity index (χ0v) is 15.8. The molecule has 1 aromatic carbocycles. The van der Waals surface area contributed by atoms with Gasteiger partial charge < -0.3 is 9.64 Å². The largest absolute Gasteiger partial charge is 0.444 e. The maximum Gasteiger partial charge on any atom is 0.410 e. The highest BCUT2D eigenvalue weighted by Gasteiger charge is 2.36. The third kappa shape index (κ3) is 5.23. The van der Waals surface area contributed by atoms with Gasteiger partial charge in [-0.3, -0.25) is 4.90 Å². The summed E-state index contributed by atoms with van der Waals surface area (Å²) in [4.78, 5) is 17.0. The van der Waals surface area contributed by atoms with E-state index in [0.29, 0.717) is 6.04 Å². The minimum absolute atomic E-state index is 0.174. The van der Waals surface area contributed by atoms with Gasteiger partial charge in [-0.2, -0.15) is 0 Å². The maximum absolute atomic E-state index is 12.6. The van der Waals surface area contributed by atoms with E-state index < -0.39 is 5.60 Å². The van der Waals surface area contributed by atoms with Gasteiger partial charge >= 0.3 is 6.09 Å². The molecule has 134 valence electrons. The summed E-state index contributed by atoms with van der Waals surface area (Å²) in [5.74, 6) is 0. The lowest BCUT2D eigenvalue weighted by Crippen LogP contribution is -2.59. The molecule has 0 saturated carbocycles. The van der Waals surface area contributed by atoms with Crippen molar-refractivity contribution in [2.45, 2.75) is 71.7 Å². The van der Waals surface area contributed by atoms with E-state index in [9.17, 15) is 4.79 Å². The summed E-state index contributed by atoms with van der Waals surface area (Å²) in [6.07, 6.45) is 1.90. The van der Waals surface area contributed by atoms with Crippen LogP contribution in [0.15, 0.2) is 30.3 Å². The summed E-state index contributed by atoms with van der Waals surface area (Å²) in [5, 5.41) is 0. The Morgan fingerprint density at radius 3 is 2.46 bits per heavy atom. The second-order valence-electron chi connectivity index (χ2n) is 7.84. The summed E-state index contributed by atoms with van der Waals surface area (Å²) >= 11 is 0. The number of carbonyl (C=O) groups is 1. The molecular weight excluding hydrogens is 300 g/mol. The highest BCUT2D eigenvalue weighted by atomic mass is 16.6. The maximum atomic E-state index is 12.6. The van der Waals surface area contributed by atoms with Crippen LogP contribution in [-0.4, -0.2) is 46.7 Å². The molecule has 2 atom stereocenters. The van der Waals surface area contributed by atoms with Crippen molar-refractivity contribution >= 4 is 6.09 Å². The van der Waals surface area contributed by atoms with Crippen molar-refractivity contribution in [2.75, 3.05) is 13.1 Å². The number of ether oxygens (including phenoxy) is 1. The van der Waals surface area contributed by atoms with E-state index in [1.54, 1.807) is 0 Å². The van der Waals surface area contributed by atoms with Crippen LogP contribution in [0.1, 0.15) is 53.0 Å². The lowest BCUT2D eigenvalue weighted by Gasteiger charge is -2.45. The Morgan fingerprint density at radius 2 is 1.88 bits per heavy atom. The molecular formula is C20H32N2O2. The third-order valence-corrected chi connectivity index (χ3v) is 4.45. The number of piperazine rings is 1. The minimum atomic E-state index is -0.446. The molecule has 4 heteroatoms. The van der Waals surface area contributed by atoms with Gasteiger partial charge in [0.25, 0.3) is 0 Å². The van der Waals surface area contributed by atoms with Crippen molar-refractivity contribution < 1.29 is 9.53 Å². The molecule has 4 nitrogen and oxygen atoms in total. The molecule has 1 heterocycles. The Hall–Kier alpha value is -1.55. The van der Waals surface area contributed by atoms with Crippen LogP contribution in [0.25, 0.3) is 0 Å². The van der Waals surface area contributed by atoms with Crippen molar-refractivity contribution in [3.05, 3.63) is 35.9 Å². The topological polar surface area (TPSA) is 32.8 Å². The fourth-order valence-corrected chi connectivity index (χ4v) is 3.26. The van der Waals surface area contributed by atoms with Crippen LogP contribution in [0.4, 0.5) is 4.79 Å². The quantitative estimate of drug-likeness (QED) is 0.824. The molecule has 1 aliphatic rings. The van der Waals surface area contributed by atoms with E-state index >= 15 is 0 Å². The van der Waals surface area contributed by atoms with Crippen molar-refractivity contribution in [3.63, 3.8) is 0 Å². The second-order valence-corrected chi connectivity index (χ2v) is 7.84. The molecule has 0 aliphatic carbocycles. The lowest BCUT2D eigenvalue weighted by atomic mass is 10.0. The molecule has 0 aromatic heterocycles. The average molecular weight is 332 g/mol. The minimum Gasteiger partial charge on any atom is -0.444 e. The van der Waals surface area contributed by atoms with Gasteiger partial charge in [-0.15, -0.1) is 0 Å². The normalized spacial score (nSPS) is 22.5. The first kappa shape index (κ1) is 18.8. The van der Waals surface area contributed by atoms with E-state index in [2.05, 4.69) is 43.0 Å². The average Bonchev–Trinajstić information content (AvgIpc) is 2.50. The Labute approximate surface area is 146 Å². The van der Waals surface area contributed by atoms with Crippen LogP contribution >= 0.6 is 0 Å². The van der Waals surface area contributed by atoms with Gasteiger partial charge in [0, 0.05) is 31.7 Å². The van der Waals surface area contributed by atoms with E-state index in [0.717, 1.165) is 32.5 Å². The summed E-state index contributed by atoms with van der Waals surface area (Å²) in [6, 6.07) is 11.1. The number of benzene rings is 1. The molecule has 1 saturated heterocycles. The van der Waals surface area contributed by atoms with Crippen molar-refractivity contribution in [3.8, 4) is 0 Å². The summed E-state index contributed by atoms with van der Waals surface area (Å²) < 4.78 is 5.62. The number of carbonyl (C=O) groups excluding carboxylic acids is 1. The van der Waals surface area contributed by atoms with Crippen molar-refractivity contribution in [2.24, 2.45) is 0 Å². The molecule has 1 fully saturated rings. The van der Waals surface area contributed by atoms with E-state index in [1.807, 2.05) is 31.7 Å². The first-order valence-electron chi connectivity index (χ1n) is 9.07. The number of rotatable bonds is 4. The molecule has 2 rings (SSSR count). The number of hydrogen-bond acceptors (Lipinski definition) is 3. The monoisotopic (exact) mass is 332 g/mol. The fraction of sp³-hybridized carbons (Fsp3) is 0.650. The Balaban J connectivity index is 2.07. The van der Waals surface area contributed by atoms with E-state index in [-0.39, 0.29) is 12.1 Å². The molecule has 1 amide bonds. The third-order valence-electron chi connectivity index (χ3n) is 4.45. The molecule has 0 bridgehead atoms. The predicted molar refractivity (Wildman–Crippen MR) is 98.0 cm³/mol. The van der Waals surface area contributed by atoms with Gasteiger partial charge in [0.15, 0.2) is 0 Å².